The molecule has 0 aromatic heterocycles. The van der Waals surface area contributed by atoms with Crippen molar-refractivity contribution in [1.82, 2.24) is 0 Å². The normalized spacial score (nSPS) is 12.9. The molecule has 0 aliphatic heterocycles. The fourth-order valence-electron chi connectivity index (χ4n) is 1.000. The third-order valence-corrected chi connectivity index (χ3v) is 1.83. The predicted octanol–water partition coefficient (Wildman–Crippen LogP) is 2.81. The molecule has 0 amide bonds. The van der Waals surface area contributed by atoms with Crippen LogP contribution in [0.25, 0.3) is 0 Å². The lowest BCUT2D eigenvalue weighted by Gasteiger charge is -2.06. The fraction of sp³-hybridized carbons (Fsp3) is 0.200. The van der Waals surface area contributed by atoms with Gasteiger partial charge in [0.1, 0.15) is 0 Å². The summed E-state index contributed by atoms with van der Waals surface area (Å²) in [6.45, 7) is 3.52. The first-order valence-corrected chi connectivity index (χ1v) is 3.91. The number of benzene rings is 1. The lowest BCUT2D eigenvalue weighted by molar-refractivity contribution is 0.151. The van der Waals surface area contributed by atoms with Crippen LogP contribution in [0, 0.1) is 0 Å². The van der Waals surface area contributed by atoms with Crippen molar-refractivity contribution >= 4 is 0 Å². The second-order valence-electron chi connectivity index (χ2n) is 2.73. The molecule has 2 N–H and O–H groups in total. The maximum atomic E-state index is 12.1. The van der Waals surface area contributed by atoms with E-state index in [9.17, 15) is 8.78 Å². The van der Waals surface area contributed by atoms with Crippen LogP contribution in [0.15, 0.2) is 36.9 Å². The fourth-order valence-corrected chi connectivity index (χ4v) is 1.000. The summed E-state index contributed by atoms with van der Waals surface area (Å²) in [6.07, 6.45) is -0.855. The van der Waals surface area contributed by atoms with Crippen LogP contribution in [0.2, 0.25) is 0 Å². The minimum Gasteiger partial charge on any atom is -0.321 e. The van der Waals surface area contributed by atoms with Crippen LogP contribution in [-0.4, -0.2) is 0 Å². The van der Waals surface area contributed by atoms with Crippen molar-refractivity contribution in [2.45, 2.75) is 12.5 Å². The molecule has 1 aromatic rings. The van der Waals surface area contributed by atoms with Crippen molar-refractivity contribution in [3.8, 4) is 0 Å². The van der Waals surface area contributed by atoms with Gasteiger partial charge < -0.3 is 5.73 Å². The van der Waals surface area contributed by atoms with Gasteiger partial charge in [-0.1, -0.05) is 30.3 Å². The van der Waals surface area contributed by atoms with Gasteiger partial charge >= 0.3 is 0 Å². The second kappa shape index (κ2) is 4.14. The maximum Gasteiger partial charge on any atom is 0.263 e. The van der Waals surface area contributed by atoms with E-state index in [2.05, 4.69) is 6.58 Å². The van der Waals surface area contributed by atoms with Crippen LogP contribution in [-0.2, 0) is 0 Å². The van der Waals surface area contributed by atoms with E-state index in [1.54, 1.807) is 18.2 Å². The summed E-state index contributed by atoms with van der Waals surface area (Å²) < 4.78 is 24.3. The van der Waals surface area contributed by atoms with Gasteiger partial charge in [0.2, 0.25) is 0 Å². The van der Waals surface area contributed by atoms with Crippen LogP contribution in [0.4, 0.5) is 8.78 Å². The highest BCUT2D eigenvalue weighted by atomic mass is 19.3. The highest BCUT2D eigenvalue weighted by Gasteiger charge is 2.07. The summed E-state index contributed by atoms with van der Waals surface area (Å²) in [6, 6.07) is 5.65. The molecule has 1 unspecified atom stereocenters. The summed E-state index contributed by atoms with van der Waals surface area (Å²) >= 11 is 0. The average Bonchev–Trinajstić information content (AvgIpc) is 2.17. The summed E-state index contributed by atoms with van der Waals surface area (Å²) in [5.41, 5.74) is 6.42. The van der Waals surface area contributed by atoms with Crippen molar-refractivity contribution in [1.29, 1.82) is 0 Å². The Hall–Kier alpha value is -1.22. The van der Waals surface area contributed by atoms with Gasteiger partial charge in [-0.25, -0.2) is 8.78 Å². The Kier molecular flexibility index (Phi) is 3.14. The van der Waals surface area contributed by atoms with E-state index in [0.29, 0.717) is 0 Å². The zero-order chi connectivity index (χ0) is 9.84. The van der Waals surface area contributed by atoms with E-state index in [1.807, 2.05) is 0 Å². The molecule has 0 spiro atoms. The number of alkyl halides is 2. The Morgan fingerprint density at radius 2 is 1.62 bits per heavy atom. The van der Waals surface area contributed by atoms with Gasteiger partial charge in [0.15, 0.2) is 0 Å². The lowest BCUT2D eigenvalue weighted by atomic mass is 10.1. The molecule has 0 fully saturated rings. The molecule has 0 aliphatic carbocycles. The maximum absolute atomic E-state index is 12.1. The van der Waals surface area contributed by atoms with Gasteiger partial charge in [-0.3, -0.25) is 0 Å². The van der Waals surface area contributed by atoms with Crippen LogP contribution < -0.4 is 5.73 Å². The molecule has 1 atom stereocenters. The molecule has 1 nitrogen and oxygen atoms in total. The van der Waals surface area contributed by atoms with Crippen LogP contribution >= 0.6 is 0 Å². The molecule has 0 heterocycles. The van der Waals surface area contributed by atoms with Crippen LogP contribution in [0.5, 0.6) is 0 Å². The van der Waals surface area contributed by atoms with Gasteiger partial charge in [0.25, 0.3) is 6.43 Å². The quantitative estimate of drug-likeness (QED) is 0.716. The minimum atomic E-state index is -2.42. The summed E-state index contributed by atoms with van der Waals surface area (Å²) in [5.74, 6) is 0. The molecule has 0 saturated carbocycles. The molecule has 1 aromatic carbocycles. The Morgan fingerprint density at radius 3 is 2.00 bits per heavy atom. The zero-order valence-corrected chi connectivity index (χ0v) is 7.08. The summed E-state index contributed by atoms with van der Waals surface area (Å²) in [5, 5.41) is 0. The van der Waals surface area contributed by atoms with Crippen LogP contribution in [0.1, 0.15) is 23.6 Å². The third-order valence-electron chi connectivity index (χ3n) is 1.83. The van der Waals surface area contributed by atoms with Crippen molar-refractivity contribution in [2.24, 2.45) is 5.73 Å². The molecular formula is C10H11F2N. The van der Waals surface area contributed by atoms with E-state index in [0.717, 1.165) is 5.56 Å². The van der Waals surface area contributed by atoms with Crippen molar-refractivity contribution < 1.29 is 8.78 Å². The third kappa shape index (κ3) is 2.36. The molecule has 0 radical (unpaired) electrons. The minimum absolute atomic E-state index is 0.0139. The van der Waals surface area contributed by atoms with E-state index in [4.69, 9.17) is 5.73 Å². The summed E-state index contributed by atoms with van der Waals surface area (Å²) in [7, 11) is 0. The van der Waals surface area contributed by atoms with E-state index < -0.39 is 6.43 Å². The van der Waals surface area contributed by atoms with Gasteiger partial charge in [-0.05, 0) is 5.56 Å². The molecule has 0 aliphatic rings. The predicted molar refractivity (Wildman–Crippen MR) is 48.5 cm³/mol. The van der Waals surface area contributed by atoms with Gasteiger partial charge in [-0.15, -0.1) is 6.58 Å². The number of hydrogen-bond acceptors (Lipinski definition) is 1. The molecule has 0 bridgehead atoms. The van der Waals surface area contributed by atoms with Crippen LogP contribution in [0.3, 0.4) is 0 Å². The van der Waals surface area contributed by atoms with Crippen molar-refractivity contribution in [3.05, 3.63) is 48.0 Å². The first-order chi connectivity index (χ1) is 6.15. The smallest absolute Gasteiger partial charge is 0.263 e. The first-order valence-electron chi connectivity index (χ1n) is 3.91. The van der Waals surface area contributed by atoms with Gasteiger partial charge in [0, 0.05) is 11.6 Å². The molecular weight excluding hydrogens is 172 g/mol. The van der Waals surface area contributed by atoms with Gasteiger partial charge in [-0.2, -0.15) is 0 Å². The monoisotopic (exact) mass is 183 g/mol. The SMILES string of the molecule is C=CC(N)c1ccc(C(F)F)cc1. The Bertz CT molecular complexity index is 279. The van der Waals surface area contributed by atoms with E-state index in [1.165, 1.54) is 12.1 Å². The first kappa shape index (κ1) is 9.86. The number of halogens is 2. The second-order valence-corrected chi connectivity index (χ2v) is 2.73. The summed E-state index contributed by atoms with van der Waals surface area (Å²) in [4.78, 5) is 0. The Labute approximate surface area is 75.9 Å². The lowest BCUT2D eigenvalue weighted by Crippen LogP contribution is -2.06. The number of rotatable bonds is 3. The Morgan fingerprint density at radius 1 is 1.15 bits per heavy atom. The standard InChI is InChI=1S/C10H11F2N/c1-2-9(13)7-3-5-8(6-4-7)10(11)12/h2-6,9-10H,1,13H2. The largest absolute Gasteiger partial charge is 0.321 e. The van der Waals surface area contributed by atoms with Crippen molar-refractivity contribution in [2.75, 3.05) is 0 Å². The topological polar surface area (TPSA) is 26.0 Å². The highest BCUT2D eigenvalue weighted by molar-refractivity contribution is 5.27. The number of nitrogens with two attached hydrogens (primary N) is 1. The van der Waals surface area contributed by atoms with Crippen molar-refractivity contribution in [3.63, 3.8) is 0 Å². The molecule has 13 heavy (non-hydrogen) atoms. The molecule has 0 saturated heterocycles. The average molecular weight is 183 g/mol. The highest BCUT2D eigenvalue weighted by Crippen LogP contribution is 2.20. The van der Waals surface area contributed by atoms with E-state index in [-0.39, 0.29) is 11.6 Å². The zero-order valence-electron chi connectivity index (χ0n) is 7.08. The molecule has 70 valence electrons. The number of hydrogen-bond donors (Lipinski definition) is 1. The molecule has 1 rings (SSSR count). The Balaban J connectivity index is 2.87. The molecule has 3 heteroatoms. The van der Waals surface area contributed by atoms with Gasteiger partial charge in [0.05, 0.1) is 0 Å². The van der Waals surface area contributed by atoms with E-state index >= 15 is 0 Å².